The first-order chi connectivity index (χ1) is 15.7. The summed E-state index contributed by atoms with van der Waals surface area (Å²) < 4.78 is 6.13. The largest absolute Gasteiger partial charge is 0.507 e. The molecule has 0 spiro atoms. The Balaban J connectivity index is 0.000000914. The number of aromatic carboxylic acids is 1. The molecule has 1 aliphatic carbocycles. The molecule has 5 nitrogen and oxygen atoms in total. The van der Waals surface area contributed by atoms with E-state index < -0.39 is 5.97 Å². The molecule has 0 radical (unpaired) electrons. The van der Waals surface area contributed by atoms with Crippen molar-refractivity contribution in [1.82, 2.24) is 0 Å². The minimum absolute atomic E-state index is 0.116. The second kappa shape index (κ2) is 10.3. The Morgan fingerprint density at radius 1 is 0.848 bits per heavy atom. The second-order valence-electron chi connectivity index (χ2n) is 7.40. The van der Waals surface area contributed by atoms with Gasteiger partial charge < -0.3 is 14.6 Å². The van der Waals surface area contributed by atoms with E-state index in [2.05, 4.69) is 0 Å². The lowest BCUT2D eigenvalue weighted by atomic mass is 9.87. The summed E-state index contributed by atoms with van der Waals surface area (Å²) in [6.07, 6.45) is 0. The second-order valence-corrected chi connectivity index (χ2v) is 7.40. The maximum absolute atomic E-state index is 12.5. The summed E-state index contributed by atoms with van der Waals surface area (Å²) >= 11 is 0. The first-order valence-corrected chi connectivity index (χ1v) is 11.2. The SMILES string of the molecule is CC.CC.Cc1cc2c(-c3ccccc3C(=O)O)c3cc(C)c(=O)c(C)c-3oc2c(C)c1O. The number of hydrogen-bond acceptors (Lipinski definition) is 4. The molecule has 1 heterocycles. The highest BCUT2D eigenvalue weighted by Crippen LogP contribution is 2.45. The molecule has 0 saturated carbocycles. The van der Waals surface area contributed by atoms with Gasteiger partial charge in [-0.1, -0.05) is 45.9 Å². The maximum atomic E-state index is 12.5. The monoisotopic (exact) mass is 448 g/mol. The summed E-state index contributed by atoms with van der Waals surface area (Å²) in [6, 6.07) is 10.3. The number of hydrogen-bond donors (Lipinski definition) is 2. The van der Waals surface area contributed by atoms with Gasteiger partial charge in [-0.2, -0.15) is 0 Å². The van der Waals surface area contributed by atoms with E-state index in [4.69, 9.17) is 4.42 Å². The Hall–Kier alpha value is -3.60. The summed E-state index contributed by atoms with van der Waals surface area (Å²) in [4.78, 5) is 24.5. The highest BCUT2D eigenvalue weighted by Gasteiger charge is 2.25. The van der Waals surface area contributed by atoms with Crippen LogP contribution in [0.2, 0.25) is 0 Å². The first-order valence-electron chi connectivity index (χ1n) is 11.2. The van der Waals surface area contributed by atoms with Crippen LogP contribution in [0.25, 0.3) is 33.4 Å². The van der Waals surface area contributed by atoms with Crippen LogP contribution in [0.4, 0.5) is 0 Å². The van der Waals surface area contributed by atoms with Crippen molar-refractivity contribution in [2.75, 3.05) is 0 Å². The molecule has 174 valence electrons. The molecular formula is C28H32O5. The van der Waals surface area contributed by atoms with Gasteiger partial charge >= 0.3 is 5.97 Å². The average molecular weight is 449 g/mol. The molecule has 2 aromatic rings. The van der Waals surface area contributed by atoms with E-state index in [-0.39, 0.29) is 16.7 Å². The molecule has 0 atom stereocenters. The summed E-state index contributed by atoms with van der Waals surface area (Å²) in [6.45, 7) is 15.0. The number of carboxylic acid groups (broad SMARTS) is 1. The summed E-state index contributed by atoms with van der Waals surface area (Å²) in [5.41, 5.74) is 4.58. The van der Waals surface area contributed by atoms with E-state index in [0.717, 1.165) is 0 Å². The maximum Gasteiger partial charge on any atom is 0.336 e. The van der Waals surface area contributed by atoms with Crippen LogP contribution >= 0.6 is 0 Å². The number of rotatable bonds is 2. The fraction of sp³-hybridized carbons (Fsp3) is 0.286. The van der Waals surface area contributed by atoms with E-state index in [0.29, 0.717) is 55.7 Å². The Kier molecular flexibility index (Phi) is 8.04. The van der Waals surface area contributed by atoms with E-state index in [1.165, 1.54) is 0 Å². The van der Waals surface area contributed by atoms with Crippen molar-refractivity contribution in [3.63, 3.8) is 0 Å². The van der Waals surface area contributed by atoms with Crippen molar-refractivity contribution in [3.05, 3.63) is 74.4 Å². The predicted molar refractivity (Wildman–Crippen MR) is 135 cm³/mol. The normalized spacial score (nSPS) is 10.3. The molecule has 2 aromatic carbocycles. The number of aromatic hydroxyl groups is 1. The van der Waals surface area contributed by atoms with Gasteiger partial charge in [0.2, 0.25) is 0 Å². The number of aryl methyl sites for hydroxylation is 3. The molecule has 4 rings (SSSR count). The number of carbonyl (C=O) groups is 1. The van der Waals surface area contributed by atoms with Gasteiger partial charge in [-0.15, -0.1) is 0 Å². The Bertz CT molecular complexity index is 1350. The van der Waals surface area contributed by atoms with Gasteiger partial charge in [-0.05, 0) is 62.6 Å². The summed E-state index contributed by atoms with van der Waals surface area (Å²) in [5.74, 6) is -0.524. The van der Waals surface area contributed by atoms with E-state index >= 15 is 0 Å². The third-order valence-corrected chi connectivity index (χ3v) is 5.49. The zero-order valence-electron chi connectivity index (χ0n) is 20.6. The van der Waals surface area contributed by atoms with Crippen LogP contribution in [-0.4, -0.2) is 16.2 Å². The van der Waals surface area contributed by atoms with Crippen LogP contribution in [0.5, 0.6) is 5.75 Å². The lowest BCUT2D eigenvalue weighted by molar-refractivity contribution is 0.0697. The molecule has 2 N–H and O–H groups in total. The van der Waals surface area contributed by atoms with Crippen molar-refractivity contribution in [1.29, 1.82) is 0 Å². The molecule has 2 aliphatic rings. The van der Waals surface area contributed by atoms with Crippen LogP contribution in [0.3, 0.4) is 0 Å². The molecule has 0 unspecified atom stereocenters. The third-order valence-electron chi connectivity index (χ3n) is 5.49. The molecule has 1 aliphatic heterocycles. The van der Waals surface area contributed by atoms with Crippen LogP contribution in [-0.2, 0) is 0 Å². The number of fused-ring (bicyclic) bond motifs is 2. The molecule has 0 bridgehead atoms. The molecule has 33 heavy (non-hydrogen) atoms. The fourth-order valence-electron chi connectivity index (χ4n) is 3.96. The Morgan fingerprint density at radius 2 is 1.45 bits per heavy atom. The number of carboxylic acids is 1. The van der Waals surface area contributed by atoms with Crippen LogP contribution in [0.1, 0.15) is 60.3 Å². The van der Waals surface area contributed by atoms with Gasteiger partial charge in [0.25, 0.3) is 0 Å². The van der Waals surface area contributed by atoms with Gasteiger partial charge in [0.1, 0.15) is 17.1 Å². The molecule has 0 amide bonds. The van der Waals surface area contributed by atoms with Crippen molar-refractivity contribution >= 4 is 16.9 Å². The molecule has 0 fully saturated rings. The van der Waals surface area contributed by atoms with Crippen molar-refractivity contribution in [2.45, 2.75) is 55.4 Å². The van der Waals surface area contributed by atoms with Gasteiger partial charge in [0.05, 0.1) is 5.56 Å². The van der Waals surface area contributed by atoms with Gasteiger partial charge in [0.15, 0.2) is 5.43 Å². The van der Waals surface area contributed by atoms with Gasteiger partial charge in [0, 0.05) is 27.6 Å². The van der Waals surface area contributed by atoms with Crippen molar-refractivity contribution < 1.29 is 19.4 Å². The van der Waals surface area contributed by atoms with Crippen LogP contribution < -0.4 is 5.43 Å². The molecule has 5 heteroatoms. The Morgan fingerprint density at radius 3 is 2.06 bits per heavy atom. The topological polar surface area (TPSA) is 87.7 Å². The smallest absolute Gasteiger partial charge is 0.336 e. The van der Waals surface area contributed by atoms with E-state index in [1.807, 2.05) is 27.7 Å². The van der Waals surface area contributed by atoms with Gasteiger partial charge in [-0.3, -0.25) is 4.79 Å². The quantitative estimate of drug-likeness (QED) is 0.315. The number of phenolic OH excluding ortho intramolecular Hbond substituents is 1. The predicted octanol–water partition coefficient (Wildman–Crippen LogP) is 7.25. The third kappa shape index (κ3) is 4.36. The van der Waals surface area contributed by atoms with E-state index in [1.54, 1.807) is 64.1 Å². The molecule has 0 saturated heterocycles. The number of benzene rings is 3. The van der Waals surface area contributed by atoms with Gasteiger partial charge in [-0.25, -0.2) is 4.79 Å². The first kappa shape index (κ1) is 25.7. The fourth-order valence-corrected chi connectivity index (χ4v) is 3.96. The highest BCUT2D eigenvalue weighted by molar-refractivity contribution is 6.08. The van der Waals surface area contributed by atoms with E-state index in [9.17, 15) is 19.8 Å². The average Bonchev–Trinajstić information content (AvgIpc) is 2.83. The molecule has 0 aromatic heterocycles. The minimum Gasteiger partial charge on any atom is -0.507 e. The summed E-state index contributed by atoms with van der Waals surface area (Å²) in [7, 11) is 0. The minimum atomic E-state index is -1.04. The zero-order chi connectivity index (χ0) is 25.0. The summed E-state index contributed by atoms with van der Waals surface area (Å²) in [5, 5.41) is 20.9. The van der Waals surface area contributed by atoms with Crippen LogP contribution in [0, 0.1) is 27.7 Å². The molecular weight excluding hydrogens is 416 g/mol. The number of phenols is 1. The standard InChI is InChI=1S/C24H20O5.2C2H6/c1-11-9-17-19(15-7-5-6-8-16(15)24(27)28)18-10-12(2)21(26)14(4)23(18)29-22(17)13(3)20(11)25;2*1-2/h5-10,25H,1-4H3,(H,27,28);2*1-2H3. The highest BCUT2D eigenvalue weighted by atomic mass is 16.4. The Labute approximate surface area is 194 Å². The van der Waals surface area contributed by atoms with Crippen molar-refractivity contribution in [2.24, 2.45) is 0 Å². The van der Waals surface area contributed by atoms with Crippen molar-refractivity contribution in [3.8, 4) is 28.2 Å². The zero-order valence-corrected chi connectivity index (χ0v) is 20.6. The lowest BCUT2D eigenvalue weighted by Gasteiger charge is -2.20. The van der Waals surface area contributed by atoms with Crippen LogP contribution in [0.15, 0.2) is 45.6 Å². The lowest BCUT2D eigenvalue weighted by Crippen LogP contribution is -2.12.